The van der Waals surface area contributed by atoms with Crippen molar-refractivity contribution in [2.45, 2.75) is 39.0 Å². The van der Waals surface area contributed by atoms with Crippen molar-refractivity contribution in [3.05, 3.63) is 29.8 Å². The molecule has 0 fully saturated rings. The molecule has 0 radical (unpaired) electrons. The number of hydrogen-bond donors (Lipinski definition) is 1. The summed E-state index contributed by atoms with van der Waals surface area (Å²) in [5.41, 5.74) is 1.35. The minimum Gasteiger partial charge on any atom is -0.491 e. The molecule has 1 N–H and O–H groups in total. The fourth-order valence-corrected chi connectivity index (χ4v) is 2.07. The van der Waals surface area contributed by atoms with Crippen molar-refractivity contribution >= 4 is 0 Å². The summed E-state index contributed by atoms with van der Waals surface area (Å²) >= 11 is 0. The largest absolute Gasteiger partial charge is 0.491 e. The first kappa shape index (κ1) is 13.0. The quantitative estimate of drug-likeness (QED) is 0.801. The first-order valence-electron chi connectivity index (χ1n) is 5.95. The molecule has 0 unspecified atom stereocenters. The van der Waals surface area contributed by atoms with Crippen molar-refractivity contribution in [1.82, 2.24) is 0 Å². The van der Waals surface area contributed by atoms with E-state index in [9.17, 15) is 0 Å². The molecule has 2 nitrogen and oxygen atoms in total. The van der Waals surface area contributed by atoms with Gasteiger partial charge < -0.3 is 9.84 Å². The van der Waals surface area contributed by atoms with Crippen molar-refractivity contribution < 1.29 is 9.84 Å². The SMILES string of the molecule is CCCC(C)(C)c1ccccc1OCCO. The number of benzene rings is 1. The van der Waals surface area contributed by atoms with Gasteiger partial charge in [-0.3, -0.25) is 0 Å². The number of hydrogen-bond acceptors (Lipinski definition) is 2. The van der Waals surface area contributed by atoms with Crippen LogP contribution in [0.3, 0.4) is 0 Å². The lowest BCUT2D eigenvalue weighted by Gasteiger charge is -2.27. The summed E-state index contributed by atoms with van der Waals surface area (Å²) in [5.74, 6) is 0.898. The summed E-state index contributed by atoms with van der Waals surface area (Å²) < 4.78 is 5.57. The number of aliphatic hydroxyl groups excluding tert-OH is 1. The Kier molecular flexibility index (Phi) is 4.81. The highest BCUT2D eigenvalue weighted by molar-refractivity contribution is 5.38. The second kappa shape index (κ2) is 5.90. The van der Waals surface area contributed by atoms with Crippen LogP contribution < -0.4 is 4.74 Å². The maximum absolute atomic E-state index is 8.80. The van der Waals surface area contributed by atoms with Gasteiger partial charge in [-0.2, -0.15) is 0 Å². The van der Waals surface area contributed by atoms with E-state index in [-0.39, 0.29) is 12.0 Å². The highest BCUT2D eigenvalue weighted by Crippen LogP contribution is 2.34. The average Bonchev–Trinajstić information content (AvgIpc) is 2.26. The van der Waals surface area contributed by atoms with Crippen LogP contribution in [0.5, 0.6) is 5.75 Å². The normalized spacial score (nSPS) is 11.5. The zero-order valence-electron chi connectivity index (χ0n) is 10.5. The van der Waals surface area contributed by atoms with Gasteiger partial charge in [0.2, 0.25) is 0 Å². The van der Waals surface area contributed by atoms with Crippen LogP contribution in [0.2, 0.25) is 0 Å². The second-order valence-electron chi connectivity index (χ2n) is 4.70. The van der Waals surface area contributed by atoms with Crippen LogP contribution in [-0.2, 0) is 5.41 Å². The van der Waals surface area contributed by atoms with E-state index in [0.29, 0.717) is 6.61 Å². The molecule has 0 heterocycles. The Morgan fingerprint density at radius 2 is 1.94 bits per heavy atom. The van der Waals surface area contributed by atoms with Crippen molar-refractivity contribution in [2.75, 3.05) is 13.2 Å². The summed E-state index contributed by atoms with van der Waals surface area (Å²) in [6.45, 7) is 7.08. The molecule has 0 saturated carbocycles. The van der Waals surface area contributed by atoms with Crippen molar-refractivity contribution in [1.29, 1.82) is 0 Å². The van der Waals surface area contributed by atoms with Crippen molar-refractivity contribution in [2.24, 2.45) is 0 Å². The molecule has 0 aromatic heterocycles. The molecule has 1 aromatic carbocycles. The van der Waals surface area contributed by atoms with E-state index in [1.54, 1.807) is 0 Å². The molecule has 1 aromatic rings. The van der Waals surface area contributed by atoms with Crippen LogP contribution in [0, 0.1) is 0 Å². The maximum Gasteiger partial charge on any atom is 0.123 e. The second-order valence-corrected chi connectivity index (χ2v) is 4.70. The van der Waals surface area contributed by atoms with Crippen molar-refractivity contribution in [3.63, 3.8) is 0 Å². The van der Waals surface area contributed by atoms with E-state index < -0.39 is 0 Å². The molecule has 0 atom stereocenters. The molecule has 16 heavy (non-hydrogen) atoms. The maximum atomic E-state index is 8.80. The Bertz CT molecular complexity index is 318. The lowest BCUT2D eigenvalue weighted by atomic mass is 9.80. The highest BCUT2D eigenvalue weighted by atomic mass is 16.5. The molecule has 0 aliphatic rings. The van der Waals surface area contributed by atoms with Gasteiger partial charge in [0.05, 0.1) is 6.61 Å². The summed E-state index contributed by atoms with van der Waals surface area (Å²) in [6, 6.07) is 8.10. The number of aliphatic hydroxyl groups is 1. The molecule has 0 aliphatic carbocycles. The van der Waals surface area contributed by atoms with Crippen LogP contribution in [-0.4, -0.2) is 18.3 Å². The van der Waals surface area contributed by atoms with E-state index in [0.717, 1.165) is 18.6 Å². The van der Waals surface area contributed by atoms with Gasteiger partial charge in [-0.15, -0.1) is 0 Å². The predicted molar refractivity (Wildman–Crippen MR) is 67.0 cm³/mol. The van der Waals surface area contributed by atoms with Crippen LogP contribution in [0.25, 0.3) is 0 Å². The van der Waals surface area contributed by atoms with Crippen LogP contribution in [0.1, 0.15) is 39.2 Å². The van der Waals surface area contributed by atoms with Crippen molar-refractivity contribution in [3.8, 4) is 5.75 Å². The number of para-hydroxylation sites is 1. The Balaban J connectivity index is 2.93. The summed E-state index contributed by atoms with van der Waals surface area (Å²) in [4.78, 5) is 0. The van der Waals surface area contributed by atoms with Gasteiger partial charge in [-0.1, -0.05) is 45.4 Å². The fourth-order valence-electron chi connectivity index (χ4n) is 2.07. The average molecular weight is 222 g/mol. The lowest BCUT2D eigenvalue weighted by Crippen LogP contribution is -2.18. The first-order chi connectivity index (χ1) is 7.61. The summed E-state index contributed by atoms with van der Waals surface area (Å²) in [6.07, 6.45) is 2.29. The van der Waals surface area contributed by atoms with Gasteiger partial charge >= 0.3 is 0 Å². The number of rotatable bonds is 6. The molecule has 2 heteroatoms. The van der Waals surface area contributed by atoms with Crippen LogP contribution >= 0.6 is 0 Å². The minimum atomic E-state index is 0.0581. The monoisotopic (exact) mass is 222 g/mol. The van der Waals surface area contributed by atoms with E-state index in [2.05, 4.69) is 26.8 Å². The Morgan fingerprint density at radius 3 is 2.56 bits per heavy atom. The van der Waals surface area contributed by atoms with E-state index >= 15 is 0 Å². The zero-order chi connectivity index (χ0) is 12.0. The van der Waals surface area contributed by atoms with E-state index in [4.69, 9.17) is 9.84 Å². The third kappa shape index (κ3) is 3.24. The Labute approximate surface area is 98.3 Å². The molecule has 0 amide bonds. The Morgan fingerprint density at radius 1 is 1.25 bits per heavy atom. The van der Waals surface area contributed by atoms with Gasteiger partial charge in [-0.05, 0) is 23.5 Å². The molecular formula is C14H22O2. The van der Waals surface area contributed by atoms with E-state index in [1.165, 1.54) is 5.56 Å². The molecule has 0 saturated heterocycles. The molecule has 90 valence electrons. The molecule has 0 aliphatic heterocycles. The number of ether oxygens (including phenoxy) is 1. The first-order valence-corrected chi connectivity index (χ1v) is 5.95. The van der Waals surface area contributed by atoms with Gasteiger partial charge in [0.15, 0.2) is 0 Å². The highest BCUT2D eigenvalue weighted by Gasteiger charge is 2.22. The third-order valence-electron chi connectivity index (χ3n) is 2.84. The third-order valence-corrected chi connectivity index (χ3v) is 2.84. The smallest absolute Gasteiger partial charge is 0.123 e. The van der Waals surface area contributed by atoms with Gasteiger partial charge in [0.25, 0.3) is 0 Å². The topological polar surface area (TPSA) is 29.5 Å². The van der Waals surface area contributed by atoms with Crippen LogP contribution in [0.15, 0.2) is 24.3 Å². The van der Waals surface area contributed by atoms with Gasteiger partial charge in [0, 0.05) is 0 Å². The van der Waals surface area contributed by atoms with Crippen LogP contribution in [0.4, 0.5) is 0 Å². The standard InChI is InChI=1S/C14H22O2/c1-4-9-14(2,3)12-7-5-6-8-13(12)16-11-10-15/h5-8,15H,4,9-11H2,1-3H3. The van der Waals surface area contributed by atoms with Gasteiger partial charge in [-0.25, -0.2) is 0 Å². The minimum absolute atomic E-state index is 0.0581. The molecule has 0 bridgehead atoms. The molecular weight excluding hydrogens is 200 g/mol. The van der Waals surface area contributed by atoms with Gasteiger partial charge in [0.1, 0.15) is 12.4 Å². The zero-order valence-corrected chi connectivity index (χ0v) is 10.5. The summed E-state index contributed by atoms with van der Waals surface area (Å²) in [5, 5.41) is 8.80. The predicted octanol–water partition coefficient (Wildman–Crippen LogP) is 3.14. The molecule has 1 rings (SSSR count). The fraction of sp³-hybridized carbons (Fsp3) is 0.571. The summed E-state index contributed by atoms with van der Waals surface area (Å²) in [7, 11) is 0. The van der Waals surface area contributed by atoms with E-state index in [1.807, 2.05) is 18.2 Å². The Hall–Kier alpha value is -1.02. The lowest BCUT2D eigenvalue weighted by molar-refractivity contribution is 0.198. The molecule has 0 spiro atoms.